The number of aromatic nitrogens is 1. The van der Waals surface area contributed by atoms with E-state index in [-0.39, 0.29) is 0 Å². The van der Waals surface area contributed by atoms with Crippen LogP contribution in [0.1, 0.15) is 5.69 Å². The molecule has 17 heavy (non-hydrogen) atoms. The van der Waals surface area contributed by atoms with Crippen molar-refractivity contribution in [3.05, 3.63) is 52.3 Å². The van der Waals surface area contributed by atoms with Crippen LogP contribution in [0.15, 0.2) is 36.5 Å². The monoisotopic (exact) mass is 264 g/mol. The Morgan fingerprint density at radius 2 is 2.00 bits per heavy atom. The van der Waals surface area contributed by atoms with Gasteiger partial charge in [0.25, 0.3) is 0 Å². The van der Waals surface area contributed by atoms with Crippen molar-refractivity contribution in [2.24, 2.45) is 0 Å². The van der Waals surface area contributed by atoms with Gasteiger partial charge in [0.05, 0.1) is 11.2 Å². The number of hydrogen-bond acceptors (Lipinski definition) is 3. The quantitative estimate of drug-likeness (QED) is 0.822. The second-order valence-electron chi connectivity index (χ2n) is 3.17. The maximum Gasteiger partial charge on any atom is 0.147 e. The summed E-state index contributed by atoms with van der Waals surface area (Å²) >= 11 is 11.8. The predicted molar refractivity (Wildman–Crippen MR) is 65.5 cm³/mol. The minimum absolute atomic E-state index is 0.328. The lowest BCUT2D eigenvalue weighted by Crippen LogP contribution is -1.88. The van der Waals surface area contributed by atoms with E-state index >= 15 is 0 Å². The number of nitriles is 1. The fraction of sp³-hybridized carbons (Fsp3) is 0. The van der Waals surface area contributed by atoms with E-state index in [4.69, 9.17) is 33.2 Å². The smallest absolute Gasteiger partial charge is 0.147 e. The van der Waals surface area contributed by atoms with Gasteiger partial charge in [0.15, 0.2) is 0 Å². The Kier molecular flexibility index (Phi) is 3.48. The maximum atomic E-state index is 8.61. The van der Waals surface area contributed by atoms with Gasteiger partial charge in [0.1, 0.15) is 23.3 Å². The van der Waals surface area contributed by atoms with E-state index in [9.17, 15) is 0 Å². The summed E-state index contributed by atoms with van der Waals surface area (Å²) in [5.41, 5.74) is 0.328. The van der Waals surface area contributed by atoms with Crippen LogP contribution in [0.2, 0.25) is 10.0 Å². The van der Waals surface area contributed by atoms with Crippen molar-refractivity contribution in [2.45, 2.75) is 0 Å². The highest BCUT2D eigenvalue weighted by Gasteiger charge is 2.04. The average Bonchev–Trinajstić information content (AvgIpc) is 2.35. The van der Waals surface area contributed by atoms with Gasteiger partial charge in [0.2, 0.25) is 0 Å². The van der Waals surface area contributed by atoms with Gasteiger partial charge in [-0.15, -0.1) is 0 Å². The molecule has 1 heterocycles. The summed E-state index contributed by atoms with van der Waals surface area (Å²) in [6.07, 6.45) is 1.45. The lowest BCUT2D eigenvalue weighted by Gasteiger charge is -2.07. The van der Waals surface area contributed by atoms with Gasteiger partial charge >= 0.3 is 0 Å². The van der Waals surface area contributed by atoms with E-state index in [0.29, 0.717) is 27.2 Å². The van der Waals surface area contributed by atoms with Gasteiger partial charge in [-0.25, -0.2) is 4.98 Å². The number of ether oxygens (including phenoxy) is 1. The average molecular weight is 265 g/mol. The topological polar surface area (TPSA) is 45.9 Å². The second kappa shape index (κ2) is 5.05. The predicted octanol–water partition coefficient (Wildman–Crippen LogP) is 4.05. The van der Waals surface area contributed by atoms with Crippen LogP contribution < -0.4 is 4.74 Å². The molecule has 1 aromatic carbocycles. The Morgan fingerprint density at radius 1 is 1.18 bits per heavy atom. The Labute approximate surface area is 108 Å². The molecule has 0 aliphatic carbocycles. The zero-order valence-corrected chi connectivity index (χ0v) is 10.0. The molecule has 0 amide bonds. The summed E-state index contributed by atoms with van der Waals surface area (Å²) in [4.78, 5) is 3.88. The minimum atomic E-state index is 0.328. The Balaban J connectivity index is 2.25. The van der Waals surface area contributed by atoms with Gasteiger partial charge in [-0.2, -0.15) is 5.26 Å². The normalized spacial score (nSPS) is 9.71. The molecule has 0 N–H and O–H groups in total. The summed E-state index contributed by atoms with van der Waals surface area (Å²) in [6.45, 7) is 0. The SMILES string of the molecule is N#Cc1ccc(Oc2cc(Cl)ccc2Cl)cn1. The van der Waals surface area contributed by atoms with Crippen molar-refractivity contribution in [1.82, 2.24) is 4.98 Å². The minimum Gasteiger partial charge on any atom is -0.454 e. The first-order valence-electron chi connectivity index (χ1n) is 4.68. The van der Waals surface area contributed by atoms with E-state index < -0.39 is 0 Å². The van der Waals surface area contributed by atoms with Crippen LogP contribution in [0.25, 0.3) is 0 Å². The molecule has 0 radical (unpaired) electrons. The highest BCUT2D eigenvalue weighted by atomic mass is 35.5. The van der Waals surface area contributed by atoms with Crippen LogP contribution in [-0.4, -0.2) is 4.98 Å². The standard InChI is InChI=1S/C12H6Cl2N2O/c13-8-1-4-11(14)12(5-8)17-10-3-2-9(6-15)16-7-10/h1-5,7H. The summed E-state index contributed by atoms with van der Waals surface area (Å²) in [5.74, 6) is 0.943. The van der Waals surface area contributed by atoms with E-state index in [1.165, 1.54) is 6.20 Å². The molecule has 0 bridgehead atoms. The van der Waals surface area contributed by atoms with Gasteiger partial charge in [-0.3, -0.25) is 0 Å². The molecule has 3 nitrogen and oxygen atoms in total. The highest BCUT2D eigenvalue weighted by molar-refractivity contribution is 6.34. The lowest BCUT2D eigenvalue weighted by atomic mass is 10.3. The molecule has 0 saturated heterocycles. The molecule has 1 aromatic heterocycles. The van der Waals surface area contributed by atoms with E-state index in [0.717, 1.165) is 0 Å². The zero-order chi connectivity index (χ0) is 12.3. The van der Waals surface area contributed by atoms with Crippen LogP contribution in [-0.2, 0) is 0 Å². The van der Waals surface area contributed by atoms with Crippen molar-refractivity contribution in [1.29, 1.82) is 5.26 Å². The van der Waals surface area contributed by atoms with E-state index in [2.05, 4.69) is 4.98 Å². The molecule has 0 aliphatic heterocycles. The highest BCUT2D eigenvalue weighted by Crippen LogP contribution is 2.31. The molecule has 0 spiro atoms. The van der Waals surface area contributed by atoms with Crippen molar-refractivity contribution >= 4 is 23.2 Å². The van der Waals surface area contributed by atoms with Gasteiger partial charge in [-0.1, -0.05) is 23.2 Å². The number of rotatable bonds is 2. The molecule has 0 fully saturated rings. The molecule has 0 aliphatic rings. The van der Waals surface area contributed by atoms with Crippen LogP contribution in [0, 0.1) is 11.3 Å². The second-order valence-corrected chi connectivity index (χ2v) is 4.01. The summed E-state index contributed by atoms with van der Waals surface area (Å²) in [7, 11) is 0. The first-order valence-corrected chi connectivity index (χ1v) is 5.43. The van der Waals surface area contributed by atoms with E-state index in [1.807, 2.05) is 6.07 Å². The van der Waals surface area contributed by atoms with Gasteiger partial charge < -0.3 is 4.74 Å². The van der Waals surface area contributed by atoms with Crippen LogP contribution in [0.4, 0.5) is 0 Å². The molecule has 2 rings (SSSR count). The van der Waals surface area contributed by atoms with Crippen LogP contribution in [0.3, 0.4) is 0 Å². The van der Waals surface area contributed by atoms with Crippen LogP contribution in [0.5, 0.6) is 11.5 Å². The summed E-state index contributed by atoms with van der Waals surface area (Å²) in [5, 5.41) is 9.60. The van der Waals surface area contributed by atoms with Crippen molar-refractivity contribution < 1.29 is 4.74 Å². The van der Waals surface area contributed by atoms with Gasteiger partial charge in [-0.05, 0) is 24.3 Å². The molecule has 0 unspecified atom stereocenters. The largest absolute Gasteiger partial charge is 0.454 e. The molecular weight excluding hydrogens is 259 g/mol. The summed E-state index contributed by atoms with van der Waals surface area (Å²) in [6, 6.07) is 10.1. The zero-order valence-electron chi connectivity index (χ0n) is 8.52. The molecule has 0 saturated carbocycles. The fourth-order valence-electron chi connectivity index (χ4n) is 1.19. The van der Waals surface area contributed by atoms with Gasteiger partial charge in [0, 0.05) is 11.1 Å². The molecular formula is C12H6Cl2N2O. The number of benzene rings is 1. The third kappa shape index (κ3) is 2.88. The molecule has 2 aromatic rings. The fourth-order valence-corrected chi connectivity index (χ4v) is 1.51. The Hall–Kier alpha value is -1.76. The Morgan fingerprint density at radius 3 is 2.65 bits per heavy atom. The number of nitrogens with zero attached hydrogens (tertiary/aromatic N) is 2. The first-order chi connectivity index (χ1) is 8.19. The third-order valence-electron chi connectivity index (χ3n) is 1.97. The molecule has 5 heteroatoms. The first kappa shape index (κ1) is 11.7. The van der Waals surface area contributed by atoms with Crippen molar-refractivity contribution in [3.63, 3.8) is 0 Å². The third-order valence-corrected chi connectivity index (χ3v) is 2.52. The van der Waals surface area contributed by atoms with Crippen molar-refractivity contribution in [3.8, 4) is 17.6 Å². The van der Waals surface area contributed by atoms with E-state index in [1.54, 1.807) is 30.3 Å². The number of halogens is 2. The van der Waals surface area contributed by atoms with Crippen LogP contribution >= 0.6 is 23.2 Å². The summed E-state index contributed by atoms with van der Waals surface area (Å²) < 4.78 is 5.50. The lowest BCUT2D eigenvalue weighted by molar-refractivity contribution is 0.480. The number of hydrogen-bond donors (Lipinski definition) is 0. The Bertz CT molecular complexity index is 576. The maximum absolute atomic E-state index is 8.61. The van der Waals surface area contributed by atoms with Crippen molar-refractivity contribution in [2.75, 3.05) is 0 Å². The number of pyridine rings is 1. The molecule has 84 valence electrons. The molecule has 0 atom stereocenters.